The second-order valence-electron chi connectivity index (χ2n) is 9.50. The van der Waals surface area contributed by atoms with Crippen LogP contribution in [0, 0.1) is 0 Å². The number of methoxy groups -OCH3 is 1. The Balaban J connectivity index is 1.59. The van der Waals surface area contributed by atoms with Crippen LogP contribution in [0.5, 0.6) is 11.5 Å². The number of carbonyl (C=O) groups excluding carboxylic acids is 1. The maximum atomic E-state index is 13.4. The fourth-order valence-electron chi connectivity index (χ4n) is 5.10. The van der Waals surface area contributed by atoms with E-state index in [1.165, 1.54) is 6.42 Å². The SMILES string of the molecule is COc1cc(N2C[C@@H]3C[C@H]2CN3C)c2c(c1C(=O)/C=C/c1ccccc1)OC(C)(C)C=C2. The van der Waals surface area contributed by atoms with Crippen molar-refractivity contribution in [2.24, 2.45) is 0 Å². The van der Waals surface area contributed by atoms with Crippen molar-refractivity contribution < 1.29 is 14.3 Å². The molecule has 5 heteroatoms. The molecular formula is C27H30N2O3. The molecule has 0 amide bonds. The molecule has 0 aliphatic carbocycles. The lowest BCUT2D eigenvalue weighted by Crippen LogP contribution is -2.45. The van der Waals surface area contributed by atoms with Gasteiger partial charge in [-0.2, -0.15) is 0 Å². The lowest BCUT2D eigenvalue weighted by Gasteiger charge is -2.37. The van der Waals surface area contributed by atoms with E-state index in [2.05, 4.69) is 29.0 Å². The van der Waals surface area contributed by atoms with Crippen LogP contribution in [0.15, 0.2) is 48.6 Å². The summed E-state index contributed by atoms with van der Waals surface area (Å²) < 4.78 is 12.2. The quantitative estimate of drug-likeness (QED) is 0.509. The van der Waals surface area contributed by atoms with E-state index in [4.69, 9.17) is 9.47 Å². The summed E-state index contributed by atoms with van der Waals surface area (Å²) in [6.07, 6.45) is 8.79. The van der Waals surface area contributed by atoms with Gasteiger partial charge < -0.3 is 14.4 Å². The number of hydrogen-bond donors (Lipinski definition) is 0. The van der Waals surface area contributed by atoms with Crippen LogP contribution >= 0.6 is 0 Å². The maximum Gasteiger partial charge on any atom is 0.193 e. The topological polar surface area (TPSA) is 42.0 Å². The van der Waals surface area contributed by atoms with Gasteiger partial charge in [0, 0.05) is 36.8 Å². The van der Waals surface area contributed by atoms with E-state index in [1.54, 1.807) is 13.2 Å². The number of ketones is 1. The van der Waals surface area contributed by atoms with Crippen molar-refractivity contribution in [3.8, 4) is 11.5 Å². The van der Waals surface area contributed by atoms with E-state index in [-0.39, 0.29) is 5.78 Å². The summed E-state index contributed by atoms with van der Waals surface area (Å²) in [6, 6.07) is 12.9. The number of hydrogen-bond acceptors (Lipinski definition) is 5. The normalized spacial score (nSPS) is 23.4. The molecule has 2 aromatic rings. The molecule has 3 heterocycles. The van der Waals surface area contributed by atoms with Gasteiger partial charge in [0.15, 0.2) is 5.78 Å². The summed E-state index contributed by atoms with van der Waals surface area (Å²) in [7, 11) is 3.82. The number of benzene rings is 2. The van der Waals surface area contributed by atoms with E-state index in [1.807, 2.05) is 56.3 Å². The number of nitrogens with zero attached hydrogens (tertiary/aromatic N) is 2. The molecule has 2 bridgehead atoms. The fraction of sp³-hybridized carbons (Fsp3) is 0.370. The fourth-order valence-corrected chi connectivity index (χ4v) is 5.10. The zero-order valence-electron chi connectivity index (χ0n) is 19.2. The molecule has 3 aliphatic rings. The molecule has 0 saturated carbocycles. The Morgan fingerprint density at radius 3 is 2.62 bits per heavy atom. The Morgan fingerprint density at radius 2 is 1.97 bits per heavy atom. The summed E-state index contributed by atoms with van der Waals surface area (Å²) in [5.74, 6) is 1.05. The molecule has 3 aliphatic heterocycles. The van der Waals surface area contributed by atoms with E-state index < -0.39 is 5.60 Å². The van der Waals surface area contributed by atoms with E-state index in [0.29, 0.717) is 29.1 Å². The standard InChI is InChI=1S/C27H30N2O3/c1-27(2)13-12-21-22(29-17-19-14-20(29)16-28(19)3)15-24(31-4)25(26(21)32-27)23(30)11-10-18-8-6-5-7-9-18/h5-13,15,19-20H,14,16-17H2,1-4H3/b11-10+/t19-,20-/m0/s1. The van der Waals surface area contributed by atoms with Gasteiger partial charge in [0.1, 0.15) is 22.7 Å². The summed E-state index contributed by atoms with van der Waals surface area (Å²) >= 11 is 0. The third-order valence-electron chi connectivity index (χ3n) is 6.80. The van der Waals surface area contributed by atoms with Crippen LogP contribution in [0.4, 0.5) is 5.69 Å². The average molecular weight is 431 g/mol. The summed E-state index contributed by atoms with van der Waals surface area (Å²) in [5.41, 5.74) is 3.02. The second kappa shape index (κ2) is 7.82. The molecule has 0 unspecified atom stereocenters. The molecule has 5 nitrogen and oxygen atoms in total. The minimum Gasteiger partial charge on any atom is -0.496 e. The van der Waals surface area contributed by atoms with E-state index in [9.17, 15) is 4.79 Å². The number of carbonyl (C=O) groups is 1. The Morgan fingerprint density at radius 1 is 1.19 bits per heavy atom. The van der Waals surface area contributed by atoms with Crippen LogP contribution in [0.2, 0.25) is 0 Å². The van der Waals surface area contributed by atoms with Crippen LogP contribution in [-0.2, 0) is 0 Å². The van der Waals surface area contributed by atoms with E-state index >= 15 is 0 Å². The van der Waals surface area contributed by atoms with Gasteiger partial charge in [-0.1, -0.05) is 36.4 Å². The zero-order valence-corrected chi connectivity index (χ0v) is 19.2. The first-order valence-corrected chi connectivity index (χ1v) is 11.2. The van der Waals surface area contributed by atoms with Crippen molar-refractivity contribution in [3.05, 3.63) is 65.2 Å². The Kier molecular flexibility index (Phi) is 5.09. The van der Waals surface area contributed by atoms with Crippen LogP contribution in [-0.4, -0.2) is 55.6 Å². The highest BCUT2D eigenvalue weighted by atomic mass is 16.5. The summed E-state index contributed by atoms with van der Waals surface area (Å²) in [4.78, 5) is 18.3. The molecule has 2 atom stereocenters. The Labute approximate surface area is 189 Å². The van der Waals surface area contributed by atoms with Gasteiger partial charge in [0.2, 0.25) is 0 Å². The van der Waals surface area contributed by atoms with Crippen LogP contribution in [0.3, 0.4) is 0 Å². The van der Waals surface area contributed by atoms with Crippen molar-refractivity contribution in [2.75, 3.05) is 32.1 Å². The number of anilines is 1. The van der Waals surface area contributed by atoms with Crippen molar-refractivity contribution in [1.29, 1.82) is 0 Å². The molecule has 2 fully saturated rings. The smallest absolute Gasteiger partial charge is 0.193 e. The molecular weight excluding hydrogens is 400 g/mol. The highest BCUT2D eigenvalue weighted by Gasteiger charge is 2.43. The maximum absolute atomic E-state index is 13.4. The highest BCUT2D eigenvalue weighted by Crippen LogP contribution is 2.47. The second-order valence-corrected chi connectivity index (χ2v) is 9.50. The number of ether oxygens (including phenoxy) is 2. The third kappa shape index (κ3) is 3.61. The number of piperazine rings is 1. The van der Waals surface area contributed by atoms with Crippen LogP contribution < -0.4 is 14.4 Å². The third-order valence-corrected chi connectivity index (χ3v) is 6.80. The first kappa shape index (κ1) is 20.8. The minimum atomic E-state index is -0.501. The van der Waals surface area contributed by atoms with Gasteiger partial charge in [0.05, 0.1) is 12.8 Å². The average Bonchev–Trinajstić information content (AvgIpc) is 3.35. The number of likely N-dealkylation sites (N-methyl/N-ethyl adjacent to an activating group) is 1. The zero-order chi connectivity index (χ0) is 22.5. The lowest BCUT2D eigenvalue weighted by atomic mass is 9.94. The molecule has 0 spiro atoms. The Bertz CT molecular complexity index is 1100. The lowest BCUT2D eigenvalue weighted by molar-refractivity contribution is 0.103. The van der Waals surface area contributed by atoms with Crippen molar-refractivity contribution in [1.82, 2.24) is 4.90 Å². The molecule has 2 saturated heterocycles. The first-order chi connectivity index (χ1) is 15.4. The monoisotopic (exact) mass is 430 g/mol. The van der Waals surface area contributed by atoms with Crippen molar-refractivity contribution >= 4 is 23.6 Å². The molecule has 166 valence electrons. The molecule has 0 N–H and O–H groups in total. The predicted octanol–water partition coefficient (Wildman–Crippen LogP) is 4.67. The summed E-state index contributed by atoms with van der Waals surface area (Å²) in [6.45, 7) is 6.05. The van der Waals surface area contributed by atoms with Gasteiger partial charge in [-0.15, -0.1) is 0 Å². The highest BCUT2D eigenvalue weighted by molar-refractivity contribution is 6.12. The van der Waals surface area contributed by atoms with Gasteiger partial charge in [0.25, 0.3) is 0 Å². The van der Waals surface area contributed by atoms with E-state index in [0.717, 1.165) is 29.9 Å². The number of likely N-dealkylation sites (tertiary alicyclic amines) is 1. The van der Waals surface area contributed by atoms with Crippen LogP contribution in [0.25, 0.3) is 12.2 Å². The number of allylic oxidation sites excluding steroid dienone is 1. The minimum absolute atomic E-state index is 0.123. The van der Waals surface area contributed by atoms with Gasteiger partial charge >= 0.3 is 0 Å². The molecule has 2 aromatic carbocycles. The molecule has 32 heavy (non-hydrogen) atoms. The molecule has 0 aromatic heterocycles. The summed E-state index contributed by atoms with van der Waals surface area (Å²) in [5, 5.41) is 0. The van der Waals surface area contributed by atoms with Crippen LogP contribution in [0.1, 0.15) is 41.8 Å². The largest absolute Gasteiger partial charge is 0.496 e. The van der Waals surface area contributed by atoms with Crippen molar-refractivity contribution in [3.63, 3.8) is 0 Å². The molecule has 5 rings (SSSR count). The number of fused-ring (bicyclic) bond motifs is 3. The van der Waals surface area contributed by atoms with Gasteiger partial charge in [-0.3, -0.25) is 9.69 Å². The predicted molar refractivity (Wildman–Crippen MR) is 129 cm³/mol. The van der Waals surface area contributed by atoms with Gasteiger partial charge in [-0.25, -0.2) is 0 Å². The Hall–Kier alpha value is -3.05. The molecule has 0 radical (unpaired) electrons. The number of rotatable bonds is 5. The van der Waals surface area contributed by atoms with Gasteiger partial charge in [-0.05, 0) is 51.1 Å². The first-order valence-electron chi connectivity index (χ1n) is 11.2. The van der Waals surface area contributed by atoms with Crippen molar-refractivity contribution in [2.45, 2.75) is 38.0 Å².